The summed E-state index contributed by atoms with van der Waals surface area (Å²) in [6.07, 6.45) is 0.289. The summed E-state index contributed by atoms with van der Waals surface area (Å²) in [5, 5.41) is 27.9. The first-order chi connectivity index (χ1) is 18.3. The second-order valence-electron chi connectivity index (χ2n) is 9.99. The maximum Gasteiger partial charge on any atom is 0.326 e. The molecule has 39 heavy (non-hydrogen) atoms. The molecular formula is C26H38N6O7. The van der Waals surface area contributed by atoms with E-state index in [1.54, 1.807) is 20.0 Å². The Balaban J connectivity index is 2.27. The second kappa shape index (κ2) is 14.3. The highest BCUT2D eigenvalue weighted by Crippen LogP contribution is 2.19. The van der Waals surface area contributed by atoms with Crippen LogP contribution >= 0.6 is 0 Å². The molecule has 1 aromatic heterocycles. The standard InChI is InChI=1S/C26H38N6O7/c1-13(2)10-20(26(38)39)31-25(37)22(14(3)33)32-24(36)19(30-23(35)17(27)8-9-21(28)34)11-15-12-29-18-7-5-4-6-16(15)18/h4-7,12-14,17,19-20,22,29,33H,8-11,27H2,1-3H3,(H2,28,34)(H,30,35)(H,31,37)(H,32,36)(H,38,39). The Hall–Kier alpha value is -3.97. The number of nitrogens with two attached hydrogens (primary N) is 2. The molecule has 0 bridgehead atoms. The first kappa shape index (κ1) is 31.2. The van der Waals surface area contributed by atoms with E-state index in [1.165, 1.54) is 6.92 Å². The van der Waals surface area contributed by atoms with Crippen molar-refractivity contribution < 1.29 is 34.2 Å². The van der Waals surface area contributed by atoms with Gasteiger partial charge in [0.25, 0.3) is 0 Å². The summed E-state index contributed by atoms with van der Waals surface area (Å²) in [6, 6.07) is 2.26. The normalized spacial score (nSPS) is 15.1. The van der Waals surface area contributed by atoms with Gasteiger partial charge in [-0.3, -0.25) is 19.2 Å². The Bertz CT molecular complexity index is 1180. The molecule has 0 aliphatic carbocycles. The lowest BCUT2D eigenvalue weighted by Gasteiger charge is -2.27. The Labute approximate surface area is 226 Å². The van der Waals surface area contributed by atoms with E-state index in [0.717, 1.165) is 10.9 Å². The minimum absolute atomic E-state index is 0.00335. The fourth-order valence-corrected chi connectivity index (χ4v) is 4.05. The van der Waals surface area contributed by atoms with E-state index >= 15 is 0 Å². The zero-order valence-electron chi connectivity index (χ0n) is 22.3. The third-order valence-corrected chi connectivity index (χ3v) is 6.15. The Morgan fingerprint density at radius 2 is 1.59 bits per heavy atom. The fraction of sp³-hybridized carbons (Fsp3) is 0.500. The van der Waals surface area contributed by atoms with Gasteiger partial charge in [-0.25, -0.2) is 4.79 Å². The Kier molecular flexibility index (Phi) is 11.4. The van der Waals surface area contributed by atoms with E-state index in [-0.39, 0.29) is 31.6 Å². The van der Waals surface area contributed by atoms with E-state index in [0.29, 0.717) is 5.56 Å². The lowest BCUT2D eigenvalue weighted by Crippen LogP contribution is -2.60. The number of fused-ring (bicyclic) bond motifs is 1. The molecule has 2 rings (SSSR count). The van der Waals surface area contributed by atoms with Crippen molar-refractivity contribution >= 4 is 40.5 Å². The van der Waals surface area contributed by atoms with Crippen LogP contribution in [0.1, 0.15) is 45.6 Å². The van der Waals surface area contributed by atoms with Crippen LogP contribution in [0.2, 0.25) is 0 Å². The SMILES string of the molecule is CC(C)CC(NC(=O)C(NC(=O)C(Cc1c[nH]c2ccccc12)NC(=O)C(N)CCC(N)=O)C(C)O)C(=O)O. The van der Waals surface area contributed by atoms with E-state index in [9.17, 15) is 34.2 Å². The molecule has 0 aliphatic heterocycles. The number of hydrogen-bond acceptors (Lipinski definition) is 7. The van der Waals surface area contributed by atoms with Gasteiger partial charge in [0.05, 0.1) is 12.1 Å². The lowest BCUT2D eigenvalue weighted by atomic mass is 10.0. The summed E-state index contributed by atoms with van der Waals surface area (Å²) in [4.78, 5) is 64.8. The number of amides is 4. The molecule has 0 saturated carbocycles. The zero-order chi connectivity index (χ0) is 29.3. The van der Waals surface area contributed by atoms with Gasteiger partial charge >= 0.3 is 5.97 Å². The number of carboxylic acid groups (broad SMARTS) is 1. The number of rotatable bonds is 15. The van der Waals surface area contributed by atoms with E-state index in [2.05, 4.69) is 20.9 Å². The predicted octanol–water partition coefficient (Wildman–Crippen LogP) is -0.731. The van der Waals surface area contributed by atoms with Gasteiger partial charge in [-0.15, -0.1) is 0 Å². The molecule has 2 aromatic rings. The lowest BCUT2D eigenvalue weighted by molar-refractivity contribution is -0.143. The number of nitrogens with one attached hydrogen (secondary N) is 4. The van der Waals surface area contributed by atoms with Crippen LogP contribution in [0, 0.1) is 5.92 Å². The molecule has 13 heteroatoms. The molecule has 0 spiro atoms. The van der Waals surface area contributed by atoms with Crippen molar-refractivity contribution in [1.29, 1.82) is 0 Å². The van der Waals surface area contributed by atoms with Gasteiger partial charge in [-0.05, 0) is 37.3 Å². The Morgan fingerprint density at radius 1 is 0.949 bits per heavy atom. The van der Waals surface area contributed by atoms with Gasteiger partial charge in [0.1, 0.15) is 18.1 Å². The summed E-state index contributed by atoms with van der Waals surface area (Å²) in [6.45, 7) is 4.86. The largest absolute Gasteiger partial charge is 0.480 e. The highest BCUT2D eigenvalue weighted by Gasteiger charge is 2.33. The molecule has 0 fully saturated rings. The number of hydrogen-bond donors (Lipinski definition) is 8. The number of benzene rings is 1. The summed E-state index contributed by atoms with van der Waals surface area (Å²) >= 11 is 0. The number of aromatic amines is 1. The maximum absolute atomic E-state index is 13.4. The molecule has 5 atom stereocenters. The average Bonchev–Trinajstić information content (AvgIpc) is 3.26. The fourth-order valence-electron chi connectivity index (χ4n) is 4.05. The van der Waals surface area contributed by atoms with Crippen molar-refractivity contribution in [1.82, 2.24) is 20.9 Å². The highest BCUT2D eigenvalue weighted by atomic mass is 16.4. The van der Waals surface area contributed by atoms with Crippen LogP contribution in [0.25, 0.3) is 10.9 Å². The number of aliphatic carboxylic acids is 1. The number of para-hydroxylation sites is 1. The van der Waals surface area contributed by atoms with Crippen LogP contribution in [-0.4, -0.2) is 75.1 Å². The van der Waals surface area contributed by atoms with Gasteiger partial charge in [0.15, 0.2) is 0 Å². The van der Waals surface area contributed by atoms with Crippen LogP contribution < -0.4 is 27.4 Å². The van der Waals surface area contributed by atoms with Crippen molar-refractivity contribution in [3.8, 4) is 0 Å². The highest BCUT2D eigenvalue weighted by molar-refractivity contribution is 5.95. The van der Waals surface area contributed by atoms with Crippen LogP contribution in [0.4, 0.5) is 0 Å². The van der Waals surface area contributed by atoms with Crippen LogP contribution in [0.3, 0.4) is 0 Å². The second-order valence-corrected chi connectivity index (χ2v) is 9.99. The summed E-state index contributed by atoms with van der Waals surface area (Å²) in [7, 11) is 0. The molecule has 0 saturated heterocycles. The minimum Gasteiger partial charge on any atom is -0.480 e. The van der Waals surface area contributed by atoms with Gasteiger partial charge in [-0.2, -0.15) is 0 Å². The van der Waals surface area contributed by atoms with Gasteiger partial charge in [0.2, 0.25) is 23.6 Å². The minimum atomic E-state index is -1.50. The van der Waals surface area contributed by atoms with Crippen molar-refractivity contribution in [2.24, 2.45) is 17.4 Å². The van der Waals surface area contributed by atoms with Crippen molar-refractivity contribution in [2.75, 3.05) is 0 Å². The molecule has 10 N–H and O–H groups in total. The van der Waals surface area contributed by atoms with Crippen LogP contribution in [0.5, 0.6) is 0 Å². The number of H-pyrrole nitrogens is 1. The van der Waals surface area contributed by atoms with Crippen molar-refractivity contribution in [3.63, 3.8) is 0 Å². The topological polar surface area (TPSA) is 230 Å². The van der Waals surface area contributed by atoms with Crippen molar-refractivity contribution in [3.05, 3.63) is 36.0 Å². The number of aliphatic hydroxyl groups excluding tert-OH is 1. The van der Waals surface area contributed by atoms with Gasteiger partial charge < -0.3 is 42.6 Å². The van der Waals surface area contributed by atoms with Crippen LogP contribution in [-0.2, 0) is 30.4 Å². The van der Waals surface area contributed by atoms with E-state index in [4.69, 9.17) is 11.5 Å². The predicted molar refractivity (Wildman–Crippen MR) is 143 cm³/mol. The first-order valence-corrected chi connectivity index (χ1v) is 12.7. The number of carboxylic acids is 1. The molecule has 1 aromatic carbocycles. The number of aliphatic hydroxyl groups is 1. The quantitative estimate of drug-likeness (QED) is 0.142. The number of aromatic nitrogens is 1. The third-order valence-electron chi connectivity index (χ3n) is 6.15. The smallest absolute Gasteiger partial charge is 0.326 e. The maximum atomic E-state index is 13.4. The molecular weight excluding hydrogens is 508 g/mol. The average molecular weight is 547 g/mol. The van der Waals surface area contributed by atoms with Crippen LogP contribution in [0.15, 0.2) is 30.5 Å². The number of carbonyl (C=O) groups excluding carboxylic acids is 4. The summed E-state index contributed by atoms with van der Waals surface area (Å²) in [5.74, 6) is -4.32. The Morgan fingerprint density at radius 3 is 2.18 bits per heavy atom. The summed E-state index contributed by atoms with van der Waals surface area (Å²) < 4.78 is 0. The molecule has 4 amide bonds. The van der Waals surface area contributed by atoms with Gasteiger partial charge in [-0.1, -0.05) is 32.0 Å². The van der Waals surface area contributed by atoms with E-state index < -0.39 is 59.9 Å². The third kappa shape index (κ3) is 9.37. The first-order valence-electron chi connectivity index (χ1n) is 12.7. The molecule has 0 aliphatic rings. The molecule has 1 heterocycles. The molecule has 5 unspecified atom stereocenters. The molecule has 214 valence electrons. The zero-order valence-corrected chi connectivity index (χ0v) is 22.3. The van der Waals surface area contributed by atoms with E-state index in [1.807, 2.05) is 24.3 Å². The van der Waals surface area contributed by atoms with Gasteiger partial charge in [0, 0.05) is 29.9 Å². The number of carbonyl (C=O) groups is 5. The summed E-state index contributed by atoms with van der Waals surface area (Å²) in [5.41, 5.74) is 12.5. The molecule has 0 radical (unpaired) electrons. The monoisotopic (exact) mass is 546 g/mol. The number of primary amides is 1. The van der Waals surface area contributed by atoms with Crippen molar-refractivity contribution in [2.45, 2.75) is 76.7 Å². The molecule has 13 nitrogen and oxygen atoms in total.